The van der Waals surface area contributed by atoms with Gasteiger partial charge in [0.25, 0.3) is 0 Å². The van der Waals surface area contributed by atoms with Crippen LogP contribution in [0.15, 0.2) is 11.6 Å². The smallest absolute Gasteiger partial charge is 0.0207 e. The van der Waals surface area contributed by atoms with Crippen molar-refractivity contribution in [3.63, 3.8) is 0 Å². The van der Waals surface area contributed by atoms with Crippen LogP contribution in [0.1, 0.15) is 0 Å². The van der Waals surface area contributed by atoms with Crippen LogP contribution < -0.4 is 0 Å². The molecule has 1 aliphatic rings. The minimum Gasteiger partial charge on any atom is -0.0752 e. The molecule has 0 aromatic heterocycles. The third kappa shape index (κ3) is 0.833. The molecule has 0 aromatic rings. The largest absolute Gasteiger partial charge is 0.0752 e. The Hall–Kier alpha value is 0.340. The molecule has 0 atom stereocenters. The number of hydrogen-bond acceptors (Lipinski definition) is 0. The highest BCUT2D eigenvalue weighted by Crippen LogP contribution is 2.21. The van der Waals surface area contributed by atoms with E-state index in [1.807, 2.05) is 0 Å². The summed E-state index contributed by atoms with van der Waals surface area (Å²) in [6.07, 6.45) is 0. The molecule has 0 aromatic carbocycles. The molecule has 2 heteroatoms. The van der Waals surface area contributed by atoms with Gasteiger partial charge in [0.15, 0.2) is 0 Å². The van der Waals surface area contributed by atoms with Gasteiger partial charge in [-0.2, -0.15) is 0 Å². The lowest BCUT2D eigenvalue weighted by Gasteiger charge is -1.55. The summed E-state index contributed by atoms with van der Waals surface area (Å²) in [7, 11) is 2.75. The number of hydrogen-bond donors (Lipinski definition) is 0. The lowest BCUT2D eigenvalue weighted by atomic mass is 11.3. The quantitative estimate of drug-likeness (QED) is 0.410. The first-order chi connectivity index (χ1) is 2.50. The third-order valence-electron chi connectivity index (χ3n) is 0.372. The van der Waals surface area contributed by atoms with Gasteiger partial charge in [0.2, 0.25) is 0 Å². The fraction of sp³-hybridized carbons (Fsp3) is 0. The second kappa shape index (κ2) is 1.70. The zero-order chi connectivity index (χ0) is 3.54. The van der Waals surface area contributed by atoms with Gasteiger partial charge < -0.3 is 0 Å². The minimum atomic E-state index is 1.37. The Bertz CT molecular complexity index is 63.0. The van der Waals surface area contributed by atoms with Crippen molar-refractivity contribution in [2.75, 3.05) is 0 Å². The third-order valence-corrected chi connectivity index (χ3v) is 2.32. The Morgan fingerprint density at radius 2 is 2.20 bits per heavy atom. The molecular formula is C3H3P2. The molecule has 5 heavy (non-hydrogen) atoms. The van der Waals surface area contributed by atoms with Gasteiger partial charge in [-0.05, 0) is 25.8 Å². The molecule has 0 N–H and O–H groups in total. The van der Waals surface area contributed by atoms with Gasteiger partial charge in [0.1, 0.15) is 0 Å². The maximum absolute atomic E-state index is 2.19. The molecule has 0 saturated carbocycles. The van der Waals surface area contributed by atoms with E-state index in [1.165, 1.54) is 16.8 Å². The molecule has 1 rings (SSSR count). The van der Waals surface area contributed by atoms with Crippen LogP contribution in [-0.4, -0.2) is 5.54 Å². The zero-order valence-corrected chi connectivity index (χ0v) is 4.42. The highest BCUT2D eigenvalue weighted by atomic mass is 31.1. The van der Waals surface area contributed by atoms with E-state index in [-0.39, 0.29) is 0 Å². The van der Waals surface area contributed by atoms with Crippen molar-refractivity contribution in [1.29, 1.82) is 0 Å². The molecule has 1 aliphatic heterocycles. The lowest BCUT2D eigenvalue weighted by molar-refractivity contribution is 2.58. The van der Waals surface area contributed by atoms with Crippen molar-refractivity contribution in [1.82, 2.24) is 0 Å². The Kier molecular flexibility index (Phi) is 1.20. The first kappa shape index (κ1) is 3.53. The molecule has 0 aliphatic carbocycles. The van der Waals surface area contributed by atoms with Crippen LogP contribution in [-0.2, 0) is 0 Å². The molecule has 0 spiro atoms. The summed E-state index contributed by atoms with van der Waals surface area (Å²) in [5.74, 6) is 4.28. The first-order valence-electron chi connectivity index (χ1n) is 1.37. The van der Waals surface area contributed by atoms with Crippen molar-refractivity contribution in [3.05, 3.63) is 11.6 Å². The topological polar surface area (TPSA) is 0 Å². The normalized spacial score (nSPS) is 25.6. The molecule has 1 radical (unpaired) electrons. The molecule has 25 valence electrons. The van der Waals surface area contributed by atoms with Crippen molar-refractivity contribution in [2.45, 2.75) is 0 Å². The van der Waals surface area contributed by atoms with E-state index in [9.17, 15) is 0 Å². The lowest BCUT2D eigenvalue weighted by Crippen LogP contribution is -1.24. The van der Waals surface area contributed by atoms with Crippen molar-refractivity contribution < 1.29 is 0 Å². The van der Waals surface area contributed by atoms with E-state index in [0.717, 1.165) is 0 Å². The minimum absolute atomic E-state index is 1.37. The molecule has 0 amide bonds. The average molecular weight is 101 g/mol. The standard InChI is InChI=1S/C3H3P2/c1-2-5-3-4-1/h1-3H. The van der Waals surface area contributed by atoms with Gasteiger partial charge in [-0.25, -0.2) is 0 Å². The molecule has 1 heterocycles. The Morgan fingerprint density at radius 3 is 2.40 bits per heavy atom. The number of rotatable bonds is 0. The van der Waals surface area contributed by atoms with Crippen LogP contribution in [0, 0.1) is 0 Å². The summed E-state index contributed by atoms with van der Waals surface area (Å²) >= 11 is 0. The van der Waals surface area contributed by atoms with E-state index in [1.54, 1.807) is 0 Å². The van der Waals surface area contributed by atoms with Crippen LogP contribution in [0.3, 0.4) is 0 Å². The van der Waals surface area contributed by atoms with Crippen LogP contribution >= 0.6 is 16.8 Å². The van der Waals surface area contributed by atoms with E-state index < -0.39 is 0 Å². The van der Waals surface area contributed by atoms with E-state index in [0.29, 0.717) is 0 Å². The fourth-order valence-electron chi connectivity index (χ4n) is 0.192. The highest BCUT2D eigenvalue weighted by Gasteiger charge is 1.74. The Balaban J connectivity index is 2.61. The van der Waals surface area contributed by atoms with Gasteiger partial charge in [-0.1, -0.05) is 8.20 Å². The molecule has 0 bridgehead atoms. The van der Waals surface area contributed by atoms with Gasteiger partial charge in [-0.3, -0.25) is 0 Å². The van der Waals surface area contributed by atoms with Crippen LogP contribution in [0.4, 0.5) is 0 Å². The van der Waals surface area contributed by atoms with E-state index in [4.69, 9.17) is 0 Å². The zero-order valence-electron chi connectivity index (χ0n) is 2.63. The monoisotopic (exact) mass is 101 g/mol. The predicted octanol–water partition coefficient (Wildman–Crippen LogP) is 2.12. The van der Waals surface area contributed by atoms with Crippen molar-refractivity contribution >= 4 is 22.3 Å². The molecule has 0 nitrogen and oxygen atoms in total. The molecule has 0 unspecified atom stereocenters. The van der Waals surface area contributed by atoms with E-state index in [2.05, 4.69) is 17.2 Å². The fourth-order valence-corrected chi connectivity index (χ4v) is 1.73. The Labute approximate surface area is 34.9 Å². The second-order valence-corrected chi connectivity index (χ2v) is 2.83. The SMILES string of the molecule is C1=CP=C[P]1. The molecular weight excluding hydrogens is 98.0 g/mol. The summed E-state index contributed by atoms with van der Waals surface area (Å²) in [4.78, 5) is 0. The molecule has 0 fully saturated rings. The van der Waals surface area contributed by atoms with Gasteiger partial charge in [0, 0.05) is 0 Å². The van der Waals surface area contributed by atoms with Crippen LogP contribution in [0.5, 0.6) is 0 Å². The molecule has 0 saturated heterocycles. The predicted molar refractivity (Wildman–Crippen MR) is 29.0 cm³/mol. The van der Waals surface area contributed by atoms with Crippen molar-refractivity contribution in [3.8, 4) is 0 Å². The van der Waals surface area contributed by atoms with Crippen molar-refractivity contribution in [2.24, 2.45) is 0 Å². The highest BCUT2D eigenvalue weighted by molar-refractivity contribution is 7.75. The van der Waals surface area contributed by atoms with Crippen LogP contribution in [0.2, 0.25) is 0 Å². The summed E-state index contributed by atoms with van der Waals surface area (Å²) in [5, 5.41) is 0. The van der Waals surface area contributed by atoms with E-state index >= 15 is 0 Å². The summed E-state index contributed by atoms with van der Waals surface area (Å²) in [5.41, 5.74) is 2.19. The Morgan fingerprint density at radius 1 is 1.20 bits per heavy atom. The first-order valence-corrected chi connectivity index (χ1v) is 3.43. The van der Waals surface area contributed by atoms with Crippen LogP contribution in [0.25, 0.3) is 0 Å². The maximum Gasteiger partial charge on any atom is -0.0207 e. The second-order valence-electron chi connectivity index (χ2n) is 0.712. The van der Waals surface area contributed by atoms with Gasteiger partial charge in [0.05, 0.1) is 0 Å². The summed E-state index contributed by atoms with van der Waals surface area (Å²) in [6, 6.07) is 0. The summed E-state index contributed by atoms with van der Waals surface area (Å²) in [6.45, 7) is 0. The average Bonchev–Trinajstić information content (AvgIpc) is 1.76. The van der Waals surface area contributed by atoms with Gasteiger partial charge >= 0.3 is 0 Å². The summed E-state index contributed by atoms with van der Waals surface area (Å²) < 4.78 is 0. The maximum atomic E-state index is 2.19. The van der Waals surface area contributed by atoms with Gasteiger partial charge in [-0.15, -0.1) is 0 Å².